The molecular formula is C16H12N4O7. The Morgan fingerprint density at radius 2 is 1.89 bits per heavy atom. The molecule has 11 heteroatoms. The Morgan fingerprint density at radius 3 is 2.52 bits per heavy atom. The van der Waals surface area contributed by atoms with Gasteiger partial charge >= 0.3 is 0 Å². The van der Waals surface area contributed by atoms with E-state index in [4.69, 9.17) is 4.74 Å². The van der Waals surface area contributed by atoms with Gasteiger partial charge in [0.05, 0.1) is 15.4 Å². The maximum atomic E-state index is 11.9. The summed E-state index contributed by atoms with van der Waals surface area (Å²) in [7, 11) is 0. The van der Waals surface area contributed by atoms with Gasteiger partial charge in [-0.3, -0.25) is 25.0 Å². The van der Waals surface area contributed by atoms with Crippen LogP contribution in [0.25, 0.3) is 0 Å². The van der Waals surface area contributed by atoms with Crippen molar-refractivity contribution in [3.63, 3.8) is 0 Å². The highest BCUT2D eigenvalue weighted by Crippen LogP contribution is 2.37. The summed E-state index contributed by atoms with van der Waals surface area (Å²) in [4.78, 5) is 32.9. The minimum atomic E-state index is -1.31. The third kappa shape index (κ3) is 3.25. The number of nitrogens with zero attached hydrogens (tertiary/aromatic N) is 4. The number of carbonyl (C=O) groups is 1. The zero-order valence-corrected chi connectivity index (χ0v) is 13.8. The second kappa shape index (κ2) is 6.71. The molecule has 0 spiro atoms. The summed E-state index contributed by atoms with van der Waals surface area (Å²) in [6.07, 6.45) is -1.31. The monoisotopic (exact) mass is 372 g/mol. The quantitative estimate of drug-likeness (QED) is 0.640. The summed E-state index contributed by atoms with van der Waals surface area (Å²) in [5.74, 6) is -1.15. The fourth-order valence-corrected chi connectivity index (χ4v) is 2.54. The fraction of sp³-hybridized carbons (Fsp3) is 0.125. The average Bonchev–Trinajstić information content (AvgIpc) is 3.07. The Labute approximate surface area is 151 Å². The van der Waals surface area contributed by atoms with E-state index < -0.39 is 22.0 Å². The molecule has 0 bridgehead atoms. The Hall–Kier alpha value is -4.02. The van der Waals surface area contributed by atoms with Crippen LogP contribution in [0.15, 0.2) is 47.6 Å². The summed E-state index contributed by atoms with van der Waals surface area (Å²) in [5.41, 5.74) is -0.657. The van der Waals surface area contributed by atoms with Crippen LogP contribution in [0, 0.1) is 20.2 Å². The lowest BCUT2D eigenvalue weighted by atomic mass is 10.1. The summed E-state index contributed by atoms with van der Waals surface area (Å²) in [5, 5.41) is 37.1. The third-order valence-corrected chi connectivity index (χ3v) is 3.79. The zero-order valence-electron chi connectivity index (χ0n) is 13.8. The van der Waals surface area contributed by atoms with Crippen molar-refractivity contribution in [2.75, 3.05) is 0 Å². The van der Waals surface area contributed by atoms with Crippen molar-refractivity contribution in [3.8, 4) is 5.75 Å². The van der Waals surface area contributed by atoms with Crippen LogP contribution < -0.4 is 0 Å². The normalized spacial score (nSPS) is 15.8. The molecule has 138 valence electrons. The Morgan fingerprint density at radius 1 is 1.19 bits per heavy atom. The fourth-order valence-electron chi connectivity index (χ4n) is 2.54. The zero-order chi connectivity index (χ0) is 19.7. The first kappa shape index (κ1) is 17.8. The van der Waals surface area contributed by atoms with E-state index in [1.54, 1.807) is 0 Å². The van der Waals surface area contributed by atoms with Crippen molar-refractivity contribution in [1.29, 1.82) is 0 Å². The van der Waals surface area contributed by atoms with Crippen molar-refractivity contribution in [2.24, 2.45) is 5.10 Å². The number of aromatic hydroxyl groups is 1. The first-order chi connectivity index (χ1) is 12.8. The van der Waals surface area contributed by atoms with E-state index in [-0.39, 0.29) is 34.1 Å². The predicted octanol–water partition coefficient (Wildman–Crippen LogP) is 2.45. The molecule has 0 radical (unpaired) electrons. The number of hydrogen-bond donors (Lipinski definition) is 1. The summed E-state index contributed by atoms with van der Waals surface area (Å²) >= 11 is 0. The van der Waals surface area contributed by atoms with Gasteiger partial charge in [-0.15, -0.1) is 5.10 Å². The maximum absolute atomic E-state index is 11.9. The molecule has 2 aromatic carbocycles. The molecule has 27 heavy (non-hydrogen) atoms. The summed E-state index contributed by atoms with van der Waals surface area (Å²) in [6, 6.07) is 8.87. The Bertz CT molecular complexity index is 988. The molecule has 0 saturated carbocycles. The average molecular weight is 372 g/mol. The number of carbonyl (C=O) groups excluding carboxylic acids is 1. The van der Waals surface area contributed by atoms with Crippen LogP contribution in [0.3, 0.4) is 0 Å². The molecular weight excluding hydrogens is 360 g/mol. The highest BCUT2D eigenvalue weighted by Gasteiger charge is 2.37. The number of para-hydroxylation sites is 1. The number of nitro groups is 2. The number of ether oxygens (including phenoxy) is 1. The van der Waals surface area contributed by atoms with Crippen molar-refractivity contribution in [1.82, 2.24) is 5.01 Å². The van der Waals surface area contributed by atoms with Gasteiger partial charge in [0.15, 0.2) is 0 Å². The van der Waals surface area contributed by atoms with Gasteiger partial charge in [0, 0.05) is 25.1 Å². The second-order valence-corrected chi connectivity index (χ2v) is 5.51. The molecule has 2 aromatic rings. The molecule has 0 aliphatic carbocycles. The van der Waals surface area contributed by atoms with Gasteiger partial charge in [0.25, 0.3) is 11.4 Å². The minimum Gasteiger partial charge on any atom is -0.507 e. The van der Waals surface area contributed by atoms with Crippen molar-refractivity contribution in [3.05, 3.63) is 73.8 Å². The summed E-state index contributed by atoms with van der Waals surface area (Å²) in [6.45, 7) is 1.18. The molecule has 1 aliphatic rings. The maximum Gasteiger partial charge on any atom is 0.282 e. The SMILES string of the molecule is CC(=O)N1N=C(c2ccccc2[N+](=O)[O-])OC1c1cc([N+](=O)[O-])ccc1O. The lowest BCUT2D eigenvalue weighted by molar-refractivity contribution is -0.385. The molecule has 1 amide bonds. The minimum absolute atomic E-state index is 0.0289. The highest BCUT2D eigenvalue weighted by molar-refractivity contribution is 5.99. The van der Waals surface area contributed by atoms with Crippen LogP contribution in [-0.4, -0.2) is 31.8 Å². The third-order valence-electron chi connectivity index (χ3n) is 3.79. The van der Waals surface area contributed by atoms with E-state index in [0.29, 0.717) is 0 Å². The van der Waals surface area contributed by atoms with E-state index in [9.17, 15) is 30.1 Å². The van der Waals surface area contributed by atoms with Crippen LogP contribution in [0.5, 0.6) is 5.75 Å². The molecule has 1 aliphatic heterocycles. The van der Waals surface area contributed by atoms with Crippen molar-refractivity contribution in [2.45, 2.75) is 13.2 Å². The number of hydrazone groups is 1. The van der Waals surface area contributed by atoms with Gasteiger partial charge in [-0.2, -0.15) is 5.01 Å². The van der Waals surface area contributed by atoms with E-state index >= 15 is 0 Å². The Kier molecular flexibility index (Phi) is 4.42. The molecule has 0 aromatic heterocycles. The van der Waals surface area contributed by atoms with Crippen LogP contribution in [0.4, 0.5) is 11.4 Å². The Balaban J connectivity index is 2.07. The van der Waals surface area contributed by atoms with E-state index in [2.05, 4.69) is 5.10 Å². The smallest absolute Gasteiger partial charge is 0.282 e. The van der Waals surface area contributed by atoms with Crippen molar-refractivity contribution < 1.29 is 24.5 Å². The summed E-state index contributed by atoms with van der Waals surface area (Å²) < 4.78 is 5.58. The second-order valence-electron chi connectivity index (χ2n) is 5.51. The number of non-ortho nitro benzene ring substituents is 1. The lowest BCUT2D eigenvalue weighted by Gasteiger charge is -2.19. The van der Waals surface area contributed by atoms with Crippen LogP contribution in [0.2, 0.25) is 0 Å². The number of amides is 1. The van der Waals surface area contributed by atoms with Gasteiger partial charge in [-0.05, 0) is 12.1 Å². The first-order valence-corrected chi connectivity index (χ1v) is 7.55. The molecule has 1 heterocycles. The highest BCUT2D eigenvalue weighted by atomic mass is 16.6. The van der Waals surface area contributed by atoms with Gasteiger partial charge < -0.3 is 9.84 Å². The van der Waals surface area contributed by atoms with Crippen molar-refractivity contribution >= 4 is 23.2 Å². The van der Waals surface area contributed by atoms with E-state index in [1.165, 1.54) is 31.2 Å². The number of benzene rings is 2. The molecule has 1 atom stereocenters. The van der Waals surface area contributed by atoms with Gasteiger partial charge in [0.1, 0.15) is 11.3 Å². The van der Waals surface area contributed by atoms with Crippen LogP contribution >= 0.6 is 0 Å². The number of nitro benzene ring substituents is 2. The lowest BCUT2D eigenvalue weighted by Crippen LogP contribution is -2.25. The van der Waals surface area contributed by atoms with Crippen LogP contribution in [0.1, 0.15) is 24.3 Å². The van der Waals surface area contributed by atoms with Gasteiger partial charge in [-0.25, -0.2) is 0 Å². The standard InChI is InChI=1S/C16H12N4O7/c1-9(21)18-16(12-8-10(19(23)24)6-7-14(12)22)27-15(17-18)11-4-2-3-5-13(11)20(25)26/h2-8,16,22H,1H3. The molecule has 1 unspecified atom stereocenters. The molecule has 0 fully saturated rings. The molecule has 3 rings (SSSR count). The number of phenolic OH excluding ortho intramolecular Hbond substituents is 1. The van der Waals surface area contributed by atoms with Gasteiger partial charge in [0.2, 0.25) is 18.0 Å². The first-order valence-electron chi connectivity index (χ1n) is 7.55. The molecule has 11 nitrogen and oxygen atoms in total. The van der Waals surface area contributed by atoms with E-state index in [1.807, 2.05) is 0 Å². The number of phenols is 1. The number of rotatable bonds is 4. The van der Waals surface area contributed by atoms with E-state index in [0.717, 1.165) is 23.2 Å². The molecule has 0 saturated heterocycles. The van der Waals surface area contributed by atoms with Crippen LogP contribution in [-0.2, 0) is 9.53 Å². The largest absolute Gasteiger partial charge is 0.507 e. The molecule has 1 N–H and O–H groups in total. The topological polar surface area (TPSA) is 148 Å². The van der Waals surface area contributed by atoms with Gasteiger partial charge in [-0.1, -0.05) is 12.1 Å². The predicted molar refractivity (Wildman–Crippen MR) is 90.7 cm³/mol. The number of hydrogen-bond acceptors (Lipinski definition) is 8.